The zero-order chi connectivity index (χ0) is 31.2. The van der Waals surface area contributed by atoms with Crippen molar-refractivity contribution in [1.82, 2.24) is 0 Å². The molecule has 1 aromatic heterocycles. The average molecular weight is 609 g/mol. The summed E-state index contributed by atoms with van der Waals surface area (Å²) < 4.78 is 33.0. The summed E-state index contributed by atoms with van der Waals surface area (Å²) in [6.45, 7) is 0.926. The molecule has 2 aromatic carbocycles. The van der Waals surface area contributed by atoms with Crippen molar-refractivity contribution in [2.24, 2.45) is 0 Å². The van der Waals surface area contributed by atoms with E-state index in [-0.39, 0.29) is 39.7 Å². The number of phenolic OH excluding ortho intramolecular Hbond substituents is 2. The predicted octanol–water partition coefficient (Wildman–Crippen LogP) is -1.09. The van der Waals surface area contributed by atoms with E-state index in [2.05, 4.69) is 0 Å². The molecule has 0 saturated carbocycles. The summed E-state index contributed by atoms with van der Waals surface area (Å²) in [7, 11) is 1.38. The summed E-state index contributed by atoms with van der Waals surface area (Å²) in [4.78, 5) is 13.2. The average Bonchev–Trinajstić information content (AvgIpc) is 2.97. The third-order valence-electron chi connectivity index (χ3n) is 7.39. The van der Waals surface area contributed by atoms with Crippen molar-refractivity contribution >= 4 is 11.0 Å². The summed E-state index contributed by atoms with van der Waals surface area (Å²) in [6, 6.07) is 7.70. The Morgan fingerprint density at radius 3 is 2.19 bits per heavy atom. The summed E-state index contributed by atoms with van der Waals surface area (Å²) in [5, 5.41) is 81.9. The number of aliphatic hydroxyl groups excluding tert-OH is 6. The quantitative estimate of drug-likeness (QED) is 0.159. The van der Waals surface area contributed by atoms with Crippen LogP contribution in [-0.4, -0.2) is 116 Å². The van der Waals surface area contributed by atoms with Gasteiger partial charge in [-0.15, -0.1) is 0 Å². The van der Waals surface area contributed by atoms with E-state index in [0.29, 0.717) is 5.56 Å². The fourth-order valence-electron chi connectivity index (χ4n) is 4.93. The second-order valence-corrected chi connectivity index (χ2v) is 10.3. The molecule has 0 aliphatic carbocycles. The van der Waals surface area contributed by atoms with Crippen LogP contribution in [0.3, 0.4) is 0 Å². The fraction of sp³-hybridized carbons (Fsp3) is 0.464. The van der Waals surface area contributed by atoms with Crippen LogP contribution in [0.25, 0.3) is 22.3 Å². The smallest absolute Gasteiger partial charge is 0.229 e. The van der Waals surface area contributed by atoms with Crippen LogP contribution in [0.2, 0.25) is 0 Å². The van der Waals surface area contributed by atoms with Gasteiger partial charge < -0.3 is 69.0 Å². The molecule has 3 aromatic rings. The van der Waals surface area contributed by atoms with Gasteiger partial charge in [-0.1, -0.05) is 0 Å². The number of aliphatic hydroxyl groups is 6. The Hall–Kier alpha value is -3.51. The molecule has 15 nitrogen and oxygen atoms in total. The van der Waals surface area contributed by atoms with Gasteiger partial charge in [0.15, 0.2) is 23.2 Å². The molecule has 43 heavy (non-hydrogen) atoms. The van der Waals surface area contributed by atoms with Gasteiger partial charge in [0, 0.05) is 23.8 Å². The van der Waals surface area contributed by atoms with Gasteiger partial charge in [0.2, 0.25) is 6.29 Å². The molecule has 8 N–H and O–H groups in total. The van der Waals surface area contributed by atoms with Gasteiger partial charge in [0.1, 0.15) is 71.0 Å². The summed E-state index contributed by atoms with van der Waals surface area (Å²) in [6.07, 6.45) is -15.3. The summed E-state index contributed by atoms with van der Waals surface area (Å²) in [5.41, 5.74) is -0.403. The lowest BCUT2D eigenvalue weighted by atomic mass is 9.98. The highest BCUT2D eigenvalue weighted by Gasteiger charge is 2.47. The predicted molar refractivity (Wildman–Crippen MR) is 143 cm³/mol. The molecular formula is C28H32O15. The number of rotatable bonds is 7. The standard InChI is InChI=1S/C28H32O15/c1-10-21(32)23(34)25(36)27(40-10)39-9-19-22(33)24(35)26(37)28(43-19)42-18-7-12(29)6-17-20(18)14(31)8-16(41-17)11-3-4-15(38-2)13(30)5-11/h3-8,10,19,21-30,32-37H,9H2,1-2H3/t10-,19+,21-,22+,23+,24-,25+,26+,27+,28+/m0/s1. The van der Waals surface area contributed by atoms with Gasteiger partial charge in [-0.2, -0.15) is 0 Å². The SMILES string of the molecule is COc1ccc(-c2cc(=O)c3c(O[C@@H]4O[C@H](CO[C@@H]5O[C@@H](C)[C@H](O)[C@@H](O)[C@H]5O)[C@@H](O)[C@H](O)[C@H]4O)cc(O)cc3o2)cc1O. The van der Waals surface area contributed by atoms with Crippen molar-refractivity contribution in [3.8, 4) is 34.3 Å². The molecule has 15 heteroatoms. The number of hydrogen-bond acceptors (Lipinski definition) is 15. The number of phenols is 2. The van der Waals surface area contributed by atoms with Gasteiger partial charge in [-0.25, -0.2) is 0 Å². The minimum Gasteiger partial charge on any atom is -0.508 e. The van der Waals surface area contributed by atoms with E-state index >= 15 is 0 Å². The largest absolute Gasteiger partial charge is 0.508 e. The van der Waals surface area contributed by atoms with Crippen molar-refractivity contribution < 1.29 is 69.0 Å². The van der Waals surface area contributed by atoms with Gasteiger partial charge in [-0.05, 0) is 25.1 Å². The van der Waals surface area contributed by atoms with Gasteiger partial charge >= 0.3 is 0 Å². The number of ether oxygens (including phenoxy) is 5. The van der Waals surface area contributed by atoms with Gasteiger partial charge in [0.05, 0.1) is 19.8 Å². The molecule has 2 aliphatic rings. The molecule has 0 bridgehead atoms. The number of benzene rings is 2. The highest BCUT2D eigenvalue weighted by molar-refractivity contribution is 5.86. The fourth-order valence-corrected chi connectivity index (χ4v) is 4.93. The molecule has 10 atom stereocenters. The van der Waals surface area contributed by atoms with Crippen LogP contribution in [0.5, 0.6) is 23.0 Å². The van der Waals surface area contributed by atoms with E-state index in [4.69, 9.17) is 28.1 Å². The lowest BCUT2D eigenvalue weighted by molar-refractivity contribution is -0.318. The Labute approximate surface area is 243 Å². The van der Waals surface area contributed by atoms with Crippen molar-refractivity contribution in [1.29, 1.82) is 0 Å². The molecule has 0 radical (unpaired) electrons. The third-order valence-corrected chi connectivity index (χ3v) is 7.39. The second-order valence-electron chi connectivity index (χ2n) is 10.3. The number of hydrogen-bond donors (Lipinski definition) is 8. The maximum absolute atomic E-state index is 13.2. The molecule has 0 spiro atoms. The topological polar surface area (TPSA) is 238 Å². The van der Waals surface area contributed by atoms with Crippen molar-refractivity contribution in [2.45, 2.75) is 68.3 Å². The monoisotopic (exact) mass is 608 g/mol. The number of aromatic hydroxyl groups is 2. The maximum atomic E-state index is 13.2. The molecule has 2 fully saturated rings. The first kappa shape index (κ1) is 30.9. The minimum atomic E-state index is -1.83. The Morgan fingerprint density at radius 1 is 0.791 bits per heavy atom. The zero-order valence-electron chi connectivity index (χ0n) is 22.9. The number of methoxy groups -OCH3 is 1. The Kier molecular flexibility index (Phi) is 8.80. The van der Waals surface area contributed by atoms with Crippen LogP contribution in [0.15, 0.2) is 45.6 Å². The first-order valence-corrected chi connectivity index (χ1v) is 13.3. The Balaban J connectivity index is 1.39. The van der Waals surface area contributed by atoms with Crippen LogP contribution >= 0.6 is 0 Å². The van der Waals surface area contributed by atoms with E-state index in [1.165, 1.54) is 26.2 Å². The van der Waals surface area contributed by atoms with Crippen molar-refractivity contribution in [3.05, 3.63) is 46.6 Å². The Bertz CT molecular complexity index is 1510. The van der Waals surface area contributed by atoms with E-state index in [1.54, 1.807) is 6.07 Å². The highest BCUT2D eigenvalue weighted by atomic mass is 16.7. The van der Waals surface area contributed by atoms with Gasteiger partial charge in [0.25, 0.3) is 0 Å². The maximum Gasteiger partial charge on any atom is 0.229 e. The van der Waals surface area contributed by atoms with Crippen molar-refractivity contribution in [3.63, 3.8) is 0 Å². The molecular weight excluding hydrogens is 576 g/mol. The van der Waals surface area contributed by atoms with Crippen LogP contribution < -0.4 is 14.9 Å². The molecule has 2 aliphatic heterocycles. The molecule has 0 unspecified atom stereocenters. The Morgan fingerprint density at radius 2 is 1.49 bits per heavy atom. The van der Waals surface area contributed by atoms with E-state index in [1.807, 2.05) is 0 Å². The second kappa shape index (κ2) is 12.2. The third kappa shape index (κ3) is 5.99. The molecule has 2 saturated heterocycles. The first-order chi connectivity index (χ1) is 20.4. The normalized spacial score (nSPS) is 32.9. The van der Waals surface area contributed by atoms with Crippen molar-refractivity contribution in [2.75, 3.05) is 13.7 Å². The zero-order valence-corrected chi connectivity index (χ0v) is 22.9. The molecule has 0 amide bonds. The number of fused-ring (bicyclic) bond motifs is 1. The molecule has 5 rings (SSSR count). The van der Waals surface area contributed by atoms with E-state index in [9.17, 15) is 45.6 Å². The van der Waals surface area contributed by atoms with Gasteiger partial charge in [-0.3, -0.25) is 4.79 Å². The lowest BCUT2D eigenvalue weighted by Gasteiger charge is -2.42. The van der Waals surface area contributed by atoms with E-state index < -0.39 is 73.4 Å². The molecule has 234 valence electrons. The van der Waals surface area contributed by atoms with Crippen LogP contribution in [0, 0.1) is 0 Å². The van der Waals surface area contributed by atoms with Crippen LogP contribution in [-0.2, 0) is 14.2 Å². The summed E-state index contributed by atoms with van der Waals surface area (Å²) >= 11 is 0. The minimum absolute atomic E-state index is 0.0517. The van der Waals surface area contributed by atoms with E-state index in [0.717, 1.165) is 18.2 Å². The molecule has 3 heterocycles. The van der Waals surface area contributed by atoms with Crippen LogP contribution in [0.4, 0.5) is 0 Å². The van der Waals surface area contributed by atoms with Crippen LogP contribution in [0.1, 0.15) is 6.92 Å². The highest BCUT2D eigenvalue weighted by Crippen LogP contribution is 2.36. The lowest BCUT2D eigenvalue weighted by Crippen LogP contribution is -2.61. The first-order valence-electron chi connectivity index (χ1n) is 13.3. The summed E-state index contributed by atoms with van der Waals surface area (Å²) in [5.74, 6) is -0.605.